The van der Waals surface area contributed by atoms with Crippen molar-refractivity contribution in [3.8, 4) is 0 Å². The highest BCUT2D eigenvalue weighted by atomic mass is 35.5. The predicted molar refractivity (Wildman–Crippen MR) is 90.5 cm³/mol. The van der Waals surface area contributed by atoms with E-state index >= 15 is 0 Å². The first-order chi connectivity index (χ1) is 10.7. The second kappa shape index (κ2) is 7.34. The molecule has 1 aromatic carbocycles. The molecule has 0 radical (unpaired) electrons. The van der Waals surface area contributed by atoms with Crippen LogP contribution in [0.2, 0.25) is 5.02 Å². The van der Waals surface area contributed by atoms with Gasteiger partial charge in [0.05, 0.1) is 0 Å². The van der Waals surface area contributed by atoms with Crippen LogP contribution in [0.25, 0.3) is 0 Å². The molecular formula is C17H24ClN3O. The Labute approximate surface area is 137 Å². The number of halogens is 1. The molecule has 2 heterocycles. The SMILES string of the molecule is O=C(Nc1cccc(Cl)c1)N1CCC(N2CCCCC2)CC1. The number of nitrogens with one attached hydrogen (secondary N) is 1. The van der Waals surface area contributed by atoms with Crippen LogP contribution in [0.3, 0.4) is 0 Å². The van der Waals surface area contributed by atoms with E-state index in [1.165, 1.54) is 32.4 Å². The highest BCUT2D eigenvalue weighted by Gasteiger charge is 2.27. The van der Waals surface area contributed by atoms with E-state index in [1.807, 2.05) is 17.0 Å². The number of hydrogen-bond donors (Lipinski definition) is 1. The third-order valence-electron chi connectivity index (χ3n) is 4.73. The Hall–Kier alpha value is -1.26. The summed E-state index contributed by atoms with van der Waals surface area (Å²) in [5.41, 5.74) is 0.760. The van der Waals surface area contributed by atoms with Gasteiger partial charge in [-0.05, 0) is 57.0 Å². The molecule has 5 heteroatoms. The molecule has 3 rings (SSSR count). The van der Waals surface area contributed by atoms with Gasteiger partial charge in [-0.25, -0.2) is 4.79 Å². The van der Waals surface area contributed by atoms with E-state index in [9.17, 15) is 4.79 Å². The summed E-state index contributed by atoms with van der Waals surface area (Å²) in [6, 6.07) is 7.95. The Bertz CT molecular complexity index is 508. The van der Waals surface area contributed by atoms with Crippen LogP contribution in [-0.2, 0) is 0 Å². The van der Waals surface area contributed by atoms with Crippen LogP contribution in [0, 0.1) is 0 Å². The third kappa shape index (κ3) is 3.93. The van der Waals surface area contributed by atoms with E-state index in [0.717, 1.165) is 31.6 Å². The van der Waals surface area contributed by atoms with Gasteiger partial charge >= 0.3 is 6.03 Å². The van der Waals surface area contributed by atoms with Crippen molar-refractivity contribution in [1.29, 1.82) is 0 Å². The highest BCUT2D eigenvalue weighted by Crippen LogP contribution is 2.22. The lowest BCUT2D eigenvalue weighted by molar-refractivity contribution is 0.104. The minimum atomic E-state index is -0.0145. The van der Waals surface area contributed by atoms with Gasteiger partial charge < -0.3 is 15.1 Å². The quantitative estimate of drug-likeness (QED) is 0.898. The van der Waals surface area contributed by atoms with E-state index in [1.54, 1.807) is 12.1 Å². The van der Waals surface area contributed by atoms with Gasteiger partial charge in [0.15, 0.2) is 0 Å². The van der Waals surface area contributed by atoms with Gasteiger partial charge in [0.2, 0.25) is 0 Å². The number of carbonyl (C=O) groups excluding carboxylic acids is 1. The average Bonchev–Trinajstić information content (AvgIpc) is 2.56. The van der Waals surface area contributed by atoms with E-state index in [-0.39, 0.29) is 6.03 Å². The number of carbonyl (C=O) groups is 1. The zero-order valence-corrected chi connectivity index (χ0v) is 13.7. The molecule has 0 unspecified atom stereocenters. The number of anilines is 1. The fraction of sp³-hybridized carbons (Fsp3) is 0.588. The molecule has 2 fully saturated rings. The van der Waals surface area contributed by atoms with Crippen molar-refractivity contribution in [2.24, 2.45) is 0 Å². The highest BCUT2D eigenvalue weighted by molar-refractivity contribution is 6.30. The molecule has 2 aliphatic heterocycles. The first kappa shape index (κ1) is 15.6. The van der Waals surface area contributed by atoms with Crippen LogP contribution in [0.15, 0.2) is 24.3 Å². The second-order valence-corrected chi connectivity index (χ2v) is 6.69. The van der Waals surface area contributed by atoms with Crippen molar-refractivity contribution in [2.75, 3.05) is 31.5 Å². The van der Waals surface area contributed by atoms with Crippen molar-refractivity contribution in [1.82, 2.24) is 9.80 Å². The number of amides is 2. The molecule has 0 aliphatic carbocycles. The van der Waals surface area contributed by atoms with Gasteiger partial charge in [-0.1, -0.05) is 24.1 Å². The van der Waals surface area contributed by atoms with Crippen molar-refractivity contribution in [3.05, 3.63) is 29.3 Å². The van der Waals surface area contributed by atoms with Crippen molar-refractivity contribution in [2.45, 2.75) is 38.1 Å². The lowest BCUT2D eigenvalue weighted by atomic mass is 10.0. The monoisotopic (exact) mass is 321 g/mol. The van der Waals surface area contributed by atoms with Crippen LogP contribution in [0.1, 0.15) is 32.1 Å². The van der Waals surface area contributed by atoms with Gasteiger partial charge in [-0.15, -0.1) is 0 Å². The smallest absolute Gasteiger partial charge is 0.321 e. The minimum Gasteiger partial charge on any atom is -0.324 e. The molecule has 0 saturated carbocycles. The van der Waals surface area contributed by atoms with Crippen LogP contribution in [0.4, 0.5) is 10.5 Å². The summed E-state index contributed by atoms with van der Waals surface area (Å²) in [5, 5.41) is 3.58. The van der Waals surface area contributed by atoms with Crippen molar-refractivity contribution < 1.29 is 4.79 Å². The van der Waals surface area contributed by atoms with Crippen LogP contribution in [-0.4, -0.2) is 48.1 Å². The predicted octanol–water partition coefficient (Wildman–Crippen LogP) is 3.82. The summed E-state index contributed by atoms with van der Waals surface area (Å²) in [4.78, 5) is 16.9. The topological polar surface area (TPSA) is 35.6 Å². The molecule has 2 saturated heterocycles. The summed E-state index contributed by atoms with van der Waals surface area (Å²) in [5.74, 6) is 0. The fourth-order valence-electron chi connectivity index (χ4n) is 3.49. The number of likely N-dealkylation sites (tertiary alicyclic amines) is 2. The maximum atomic E-state index is 12.3. The first-order valence-corrected chi connectivity index (χ1v) is 8.66. The van der Waals surface area contributed by atoms with Gasteiger partial charge in [0.1, 0.15) is 0 Å². The Balaban J connectivity index is 1.49. The Morgan fingerprint density at radius 3 is 2.50 bits per heavy atom. The van der Waals surface area contributed by atoms with Gasteiger partial charge in [0.25, 0.3) is 0 Å². The molecule has 0 bridgehead atoms. The number of piperidine rings is 2. The summed E-state index contributed by atoms with van der Waals surface area (Å²) in [7, 11) is 0. The molecule has 1 aromatic rings. The largest absolute Gasteiger partial charge is 0.324 e. The number of hydrogen-bond acceptors (Lipinski definition) is 2. The van der Waals surface area contributed by atoms with Gasteiger partial charge in [0, 0.05) is 29.8 Å². The molecule has 22 heavy (non-hydrogen) atoms. The number of urea groups is 1. The molecule has 2 aliphatic rings. The zero-order valence-electron chi connectivity index (χ0n) is 12.9. The van der Waals surface area contributed by atoms with Crippen molar-refractivity contribution in [3.63, 3.8) is 0 Å². The van der Waals surface area contributed by atoms with Gasteiger partial charge in [-0.3, -0.25) is 0 Å². The molecule has 0 aromatic heterocycles. The molecule has 2 amide bonds. The maximum Gasteiger partial charge on any atom is 0.321 e. The molecule has 4 nitrogen and oxygen atoms in total. The molecule has 120 valence electrons. The molecule has 0 spiro atoms. The maximum absolute atomic E-state index is 12.3. The Kier molecular flexibility index (Phi) is 5.21. The molecular weight excluding hydrogens is 298 g/mol. The molecule has 1 N–H and O–H groups in total. The summed E-state index contributed by atoms with van der Waals surface area (Å²) >= 11 is 5.95. The third-order valence-corrected chi connectivity index (χ3v) is 4.97. The van der Waals surface area contributed by atoms with Crippen molar-refractivity contribution >= 4 is 23.3 Å². The van der Waals surface area contributed by atoms with Gasteiger partial charge in [-0.2, -0.15) is 0 Å². The van der Waals surface area contributed by atoms with Crippen LogP contribution in [0.5, 0.6) is 0 Å². The van der Waals surface area contributed by atoms with Crippen LogP contribution >= 0.6 is 11.6 Å². The number of rotatable bonds is 2. The molecule has 0 atom stereocenters. The van der Waals surface area contributed by atoms with E-state index < -0.39 is 0 Å². The first-order valence-electron chi connectivity index (χ1n) is 8.28. The second-order valence-electron chi connectivity index (χ2n) is 6.26. The van der Waals surface area contributed by atoms with E-state index in [0.29, 0.717) is 11.1 Å². The summed E-state index contributed by atoms with van der Waals surface area (Å²) in [6.45, 7) is 4.15. The van der Waals surface area contributed by atoms with E-state index in [2.05, 4.69) is 10.2 Å². The Morgan fingerprint density at radius 1 is 1.09 bits per heavy atom. The number of benzene rings is 1. The average molecular weight is 322 g/mol. The lowest BCUT2D eigenvalue weighted by Crippen LogP contribution is -2.49. The fourth-order valence-corrected chi connectivity index (χ4v) is 3.68. The number of nitrogens with zero attached hydrogens (tertiary/aromatic N) is 2. The minimum absolute atomic E-state index is 0.0145. The summed E-state index contributed by atoms with van der Waals surface area (Å²) in [6.07, 6.45) is 6.20. The summed E-state index contributed by atoms with van der Waals surface area (Å²) < 4.78 is 0. The Morgan fingerprint density at radius 2 is 1.82 bits per heavy atom. The van der Waals surface area contributed by atoms with E-state index in [4.69, 9.17) is 11.6 Å². The normalized spacial score (nSPS) is 20.9. The lowest BCUT2D eigenvalue weighted by Gasteiger charge is -2.40. The zero-order chi connectivity index (χ0) is 15.4. The standard InChI is InChI=1S/C17H24ClN3O/c18-14-5-4-6-15(13-14)19-17(22)21-11-7-16(8-12-21)20-9-2-1-3-10-20/h4-6,13,16H,1-3,7-12H2,(H,19,22). The van der Waals surface area contributed by atoms with Crippen LogP contribution < -0.4 is 5.32 Å².